The smallest absolute Gasteiger partial charge is 0.403 e. The van der Waals surface area contributed by atoms with E-state index in [-0.39, 0.29) is 53.5 Å². The Kier molecular flexibility index (Phi) is 12.1. The van der Waals surface area contributed by atoms with Gasteiger partial charge in [0.1, 0.15) is 11.9 Å². The minimum Gasteiger partial charge on any atom is -0.403 e. The highest BCUT2D eigenvalue weighted by atomic mass is 35.5. The van der Waals surface area contributed by atoms with Gasteiger partial charge in [0.25, 0.3) is 8.32 Å². The molecule has 63 heavy (non-hydrogen) atoms. The second-order valence-electron chi connectivity index (χ2n) is 18.4. The Morgan fingerprint density at radius 2 is 1.59 bits per heavy atom. The van der Waals surface area contributed by atoms with Crippen molar-refractivity contribution in [1.29, 1.82) is 0 Å². The first-order valence-electron chi connectivity index (χ1n) is 21.5. The number of rotatable bonds is 9. The number of carbonyl (C=O) groups is 3. The fourth-order valence-electron chi connectivity index (χ4n) is 10.3. The van der Waals surface area contributed by atoms with E-state index in [1.54, 1.807) is 24.1 Å². The van der Waals surface area contributed by atoms with Gasteiger partial charge in [-0.3, -0.25) is 24.2 Å². The maximum atomic E-state index is 14.6. The number of hydrogen-bond acceptors (Lipinski definition) is 7. The van der Waals surface area contributed by atoms with Crippen molar-refractivity contribution < 1.29 is 32.0 Å². The summed E-state index contributed by atoms with van der Waals surface area (Å²) in [5, 5.41) is 2.42. The zero-order valence-corrected chi connectivity index (χ0v) is 38.1. The number of fused-ring (bicyclic) bond motifs is 2. The third-order valence-electron chi connectivity index (χ3n) is 13.4. The first-order chi connectivity index (χ1) is 29.9. The van der Waals surface area contributed by atoms with E-state index >= 15 is 0 Å². The first-order valence-corrected chi connectivity index (χ1v) is 23.8. The van der Waals surface area contributed by atoms with Gasteiger partial charge in [-0.2, -0.15) is 13.2 Å². The number of piperidine rings is 1. The number of aryl methyl sites for hydroxylation is 1. The molecule has 8 rings (SSSR count). The largest absolute Gasteiger partial charge is 0.416 e. The third-order valence-corrected chi connectivity index (χ3v) is 18.8. The number of carbonyl (C=O) groups excluding carboxylic acids is 3. The first kappa shape index (κ1) is 44.6. The van der Waals surface area contributed by atoms with Crippen LogP contribution in [0.15, 0.2) is 104 Å². The van der Waals surface area contributed by atoms with Crippen LogP contribution in [0, 0.1) is 18.8 Å². The number of halogens is 4. The number of benzene rings is 3. The number of hydrogen-bond donors (Lipinski definition) is 0. The second kappa shape index (κ2) is 17.2. The van der Waals surface area contributed by atoms with E-state index in [0.29, 0.717) is 42.6 Å². The summed E-state index contributed by atoms with van der Waals surface area (Å²) in [4.78, 5) is 54.6. The fourth-order valence-corrected chi connectivity index (χ4v) is 15.3. The highest BCUT2D eigenvalue weighted by Crippen LogP contribution is 2.45. The number of para-hydroxylation sites is 1. The summed E-state index contributed by atoms with van der Waals surface area (Å²) in [6.07, 6.45) is -2.96. The van der Waals surface area contributed by atoms with Gasteiger partial charge in [-0.25, -0.2) is 4.98 Å². The van der Waals surface area contributed by atoms with E-state index in [0.717, 1.165) is 35.5 Å². The normalized spacial score (nSPS) is 22.6. The van der Waals surface area contributed by atoms with Crippen LogP contribution < -0.4 is 25.1 Å². The molecule has 1 aromatic heterocycles. The Bertz CT molecular complexity index is 2340. The fraction of sp³-hybridized carbons (Fsp3) is 0.417. The van der Waals surface area contributed by atoms with Gasteiger partial charge in [0.05, 0.1) is 28.1 Å². The molecule has 0 radical (unpaired) electrons. The van der Waals surface area contributed by atoms with Crippen LogP contribution in [-0.2, 0) is 25.0 Å². The summed E-state index contributed by atoms with van der Waals surface area (Å²) in [6.45, 7) is 15.1. The summed E-state index contributed by atoms with van der Waals surface area (Å²) >= 11 is 7.13. The molecule has 3 fully saturated rings. The number of amides is 3. The molecule has 4 aromatic rings. The van der Waals surface area contributed by atoms with Crippen molar-refractivity contribution in [2.45, 2.75) is 69.9 Å². The lowest BCUT2D eigenvalue weighted by Crippen LogP contribution is -2.70. The van der Waals surface area contributed by atoms with E-state index in [1.165, 1.54) is 22.8 Å². The number of likely N-dealkylation sites (tertiary alicyclic amines) is 2. The lowest BCUT2D eigenvalue weighted by atomic mass is 9.89. The Morgan fingerprint density at radius 3 is 2.19 bits per heavy atom. The number of alkyl halides is 3. The van der Waals surface area contributed by atoms with Gasteiger partial charge in [-0.15, -0.1) is 0 Å². The predicted molar refractivity (Wildman–Crippen MR) is 243 cm³/mol. The molecule has 332 valence electrons. The maximum absolute atomic E-state index is 14.6. The van der Waals surface area contributed by atoms with Gasteiger partial charge in [0.2, 0.25) is 17.7 Å². The molecule has 0 aliphatic carbocycles. The molecular formula is C48H54ClF3N6O4Si. The highest BCUT2D eigenvalue weighted by molar-refractivity contribution is 6.99. The average molecular weight is 900 g/mol. The van der Waals surface area contributed by atoms with Crippen molar-refractivity contribution in [3.63, 3.8) is 0 Å². The van der Waals surface area contributed by atoms with Crippen LogP contribution in [0.25, 0.3) is 0 Å². The molecule has 2 unspecified atom stereocenters. The minimum absolute atomic E-state index is 0.0699. The summed E-state index contributed by atoms with van der Waals surface area (Å²) in [5.41, 5.74) is 0.326. The SMILES string of the molecule is C=CC(=O)N1CC(N2CCC(CN3C[C@H]4CC(=O)N(c5cc(C(F)(F)F)cc(C)n5)[C@@H]4C(=O)N(C)c4cccc(Cl)c43)C(O[Si](c3ccccc3)(c3ccccc3)C(C)(C)C)C2)C1. The van der Waals surface area contributed by atoms with E-state index in [1.807, 2.05) is 18.2 Å². The molecule has 3 amide bonds. The molecule has 3 saturated heterocycles. The van der Waals surface area contributed by atoms with Gasteiger partial charge in [0.15, 0.2) is 0 Å². The lowest BCUT2D eigenvalue weighted by Gasteiger charge is -2.53. The molecule has 4 atom stereocenters. The van der Waals surface area contributed by atoms with Crippen LogP contribution in [0.3, 0.4) is 0 Å². The summed E-state index contributed by atoms with van der Waals surface area (Å²) in [6, 6.07) is 27.2. The maximum Gasteiger partial charge on any atom is 0.416 e. The van der Waals surface area contributed by atoms with Crippen LogP contribution in [0.5, 0.6) is 0 Å². The van der Waals surface area contributed by atoms with Crippen LogP contribution in [-0.4, -0.2) is 105 Å². The number of aromatic nitrogens is 1. The molecule has 0 N–H and O–H groups in total. The molecule has 4 aliphatic rings. The van der Waals surface area contributed by atoms with Crippen molar-refractivity contribution in [1.82, 2.24) is 14.8 Å². The van der Waals surface area contributed by atoms with E-state index in [9.17, 15) is 27.6 Å². The average Bonchev–Trinajstić information content (AvgIpc) is 3.55. The van der Waals surface area contributed by atoms with E-state index in [4.69, 9.17) is 16.0 Å². The molecule has 0 saturated carbocycles. The van der Waals surface area contributed by atoms with Gasteiger partial charge in [-0.1, -0.05) is 106 Å². The molecule has 3 aromatic carbocycles. The van der Waals surface area contributed by atoms with Crippen molar-refractivity contribution in [3.05, 3.63) is 120 Å². The lowest BCUT2D eigenvalue weighted by molar-refractivity contribution is -0.137. The molecule has 15 heteroatoms. The summed E-state index contributed by atoms with van der Waals surface area (Å²) in [7, 11) is -1.48. The van der Waals surface area contributed by atoms with Crippen LogP contribution >= 0.6 is 11.6 Å². The topological polar surface area (TPSA) is 89.5 Å². The van der Waals surface area contributed by atoms with Crippen LogP contribution in [0.4, 0.5) is 30.4 Å². The van der Waals surface area contributed by atoms with Gasteiger partial charge >= 0.3 is 6.18 Å². The monoisotopic (exact) mass is 898 g/mol. The van der Waals surface area contributed by atoms with E-state index < -0.39 is 43.8 Å². The standard InChI is InChI=1S/C48H54ClF3N6O4Si/c1-7-42(59)56-28-35(29-56)55-22-21-32(40(30-55)62-63(47(3,4)5,36-15-10-8-11-16-36)37-17-12-9-13-18-37)26-57-27-33-24-43(60)58(41-25-34(48(50,51)52)23-31(2)53-41)44(33)46(61)54(6)39-20-14-19-38(49)45(39)57/h7-20,23,25,32-33,35,40,44H,1,21-22,24,26-30H2,2-6H3/t32?,33-,40?,44+/m1/s1. The Labute approximate surface area is 373 Å². The summed E-state index contributed by atoms with van der Waals surface area (Å²) < 4.78 is 50.2. The molecule has 5 heterocycles. The zero-order valence-electron chi connectivity index (χ0n) is 36.3. The second-order valence-corrected chi connectivity index (χ2v) is 23.1. The van der Waals surface area contributed by atoms with Gasteiger partial charge < -0.3 is 19.1 Å². The van der Waals surface area contributed by atoms with Crippen molar-refractivity contribution in [2.75, 3.05) is 61.0 Å². The molecule has 0 spiro atoms. The van der Waals surface area contributed by atoms with Gasteiger partial charge in [-0.05, 0) is 65.6 Å². The van der Waals surface area contributed by atoms with Crippen LogP contribution in [0.2, 0.25) is 10.1 Å². The number of anilines is 3. The Hall–Kier alpha value is -5.02. The van der Waals surface area contributed by atoms with Crippen molar-refractivity contribution in [2.24, 2.45) is 11.8 Å². The number of nitrogens with zero attached hydrogens (tertiary/aromatic N) is 6. The number of likely N-dealkylation sites (N-methyl/N-ethyl adjacent to an activating group) is 1. The van der Waals surface area contributed by atoms with Crippen molar-refractivity contribution >= 4 is 65.2 Å². The molecule has 4 aliphatic heterocycles. The van der Waals surface area contributed by atoms with E-state index in [2.05, 4.69) is 90.7 Å². The summed E-state index contributed by atoms with van der Waals surface area (Å²) in [5.74, 6) is -1.86. The molecule has 10 nitrogen and oxygen atoms in total. The minimum atomic E-state index is -4.68. The Balaban J connectivity index is 1.20. The predicted octanol–water partition coefficient (Wildman–Crippen LogP) is 6.93. The highest BCUT2D eigenvalue weighted by Gasteiger charge is 2.54. The van der Waals surface area contributed by atoms with Gasteiger partial charge in [0, 0.05) is 69.8 Å². The molecule has 0 bridgehead atoms. The Morgan fingerprint density at radius 1 is 0.937 bits per heavy atom. The quantitative estimate of drug-likeness (QED) is 0.133. The van der Waals surface area contributed by atoms with Crippen LogP contribution in [0.1, 0.15) is 44.9 Å². The third kappa shape index (κ3) is 8.31. The number of pyridine rings is 1. The van der Waals surface area contributed by atoms with Crippen molar-refractivity contribution in [3.8, 4) is 0 Å². The molecular weight excluding hydrogens is 845 g/mol. The zero-order chi connectivity index (χ0) is 45.0.